The molecule has 1 aliphatic carbocycles. The molecule has 0 bridgehead atoms. The van der Waals surface area contributed by atoms with Crippen LogP contribution in [0.3, 0.4) is 0 Å². The first-order chi connectivity index (χ1) is 12.9. The Bertz CT molecular complexity index is 833. The van der Waals surface area contributed by atoms with Crippen LogP contribution in [-0.2, 0) is 0 Å². The third-order valence-corrected chi connectivity index (χ3v) is 8.03. The van der Waals surface area contributed by atoms with E-state index in [0.29, 0.717) is 27.5 Å². The second kappa shape index (κ2) is 7.59. The second-order valence-electron chi connectivity index (χ2n) is 7.46. The van der Waals surface area contributed by atoms with Gasteiger partial charge >= 0.3 is 0 Å². The van der Waals surface area contributed by atoms with E-state index in [1.54, 1.807) is 11.6 Å². The van der Waals surface area contributed by atoms with Gasteiger partial charge in [-0.2, -0.15) is 0 Å². The Morgan fingerprint density at radius 2 is 2.22 bits per heavy atom. The molecule has 2 atom stereocenters. The average Bonchev–Trinajstić information content (AvgIpc) is 3.27. The van der Waals surface area contributed by atoms with Crippen molar-refractivity contribution in [3.05, 3.63) is 32.8 Å². The molecule has 1 saturated heterocycles. The summed E-state index contributed by atoms with van der Waals surface area (Å²) in [6.07, 6.45) is 3.54. The third kappa shape index (κ3) is 3.53. The molecule has 2 aromatic rings. The summed E-state index contributed by atoms with van der Waals surface area (Å²) in [7, 11) is 4.28. The van der Waals surface area contributed by atoms with Crippen molar-refractivity contribution in [2.24, 2.45) is 5.41 Å². The Morgan fingerprint density at radius 1 is 1.41 bits per heavy atom. The van der Waals surface area contributed by atoms with Gasteiger partial charge in [-0.15, -0.1) is 11.3 Å². The Balaban J connectivity index is 1.54. The molecule has 1 aliphatic heterocycles. The molecule has 9 heteroatoms. The topological polar surface area (TPSA) is 31.4 Å². The zero-order valence-electron chi connectivity index (χ0n) is 15.1. The smallest absolute Gasteiger partial charge is 0.160 e. The van der Waals surface area contributed by atoms with Gasteiger partial charge in [-0.05, 0) is 51.4 Å². The van der Waals surface area contributed by atoms with Crippen LogP contribution in [0.15, 0.2) is 21.9 Å². The fraction of sp³-hybridized carbons (Fsp3) is 0.500. The van der Waals surface area contributed by atoms with Crippen molar-refractivity contribution in [1.82, 2.24) is 9.88 Å². The molecule has 4 nitrogen and oxygen atoms in total. The number of rotatable bonds is 5. The Morgan fingerprint density at radius 3 is 2.85 bits per heavy atom. The van der Waals surface area contributed by atoms with Crippen molar-refractivity contribution >= 4 is 58.0 Å². The van der Waals surface area contributed by atoms with Crippen molar-refractivity contribution in [3.63, 3.8) is 0 Å². The Hall–Kier alpha value is -0.730. The van der Waals surface area contributed by atoms with Crippen LogP contribution >= 0.6 is 46.5 Å². The molecule has 0 radical (unpaired) electrons. The van der Waals surface area contributed by atoms with E-state index in [-0.39, 0.29) is 10.4 Å². The largest absolute Gasteiger partial charge is 0.370 e. The molecule has 4 rings (SSSR count). The lowest BCUT2D eigenvalue weighted by atomic mass is 9.63. The van der Waals surface area contributed by atoms with Crippen LogP contribution < -0.4 is 9.62 Å². The lowest BCUT2D eigenvalue weighted by molar-refractivity contribution is 0.0177. The maximum absolute atomic E-state index is 15.0. The predicted molar refractivity (Wildman–Crippen MR) is 114 cm³/mol. The van der Waals surface area contributed by atoms with Crippen LogP contribution in [-0.4, -0.2) is 43.1 Å². The monoisotopic (exact) mass is 446 g/mol. The maximum Gasteiger partial charge on any atom is 0.160 e. The van der Waals surface area contributed by atoms with Gasteiger partial charge in [-0.25, -0.2) is 9.37 Å². The minimum atomic E-state index is -0.481. The van der Waals surface area contributed by atoms with Crippen LogP contribution in [0.25, 0.3) is 0 Å². The number of aromatic nitrogens is 1. The van der Waals surface area contributed by atoms with Gasteiger partial charge < -0.3 is 14.5 Å². The first kappa shape index (κ1) is 19.6. The second-order valence-corrected chi connectivity index (χ2v) is 9.78. The van der Waals surface area contributed by atoms with Crippen LogP contribution in [0, 0.1) is 11.2 Å². The zero-order valence-corrected chi connectivity index (χ0v) is 18.3. The first-order valence-electron chi connectivity index (χ1n) is 8.81. The summed E-state index contributed by atoms with van der Waals surface area (Å²) in [5, 5.41) is 2.34. The van der Waals surface area contributed by atoms with Crippen LogP contribution in [0.5, 0.6) is 0 Å². The van der Waals surface area contributed by atoms with Crippen molar-refractivity contribution in [2.75, 3.05) is 36.8 Å². The highest BCUT2D eigenvalue weighted by atomic mass is 35.5. The Kier molecular flexibility index (Phi) is 5.51. The number of nitrogens with one attached hydrogen (secondary N) is 1. The summed E-state index contributed by atoms with van der Waals surface area (Å²) in [6, 6.07) is 2.37. The normalized spacial score (nSPS) is 24.7. The van der Waals surface area contributed by atoms with Gasteiger partial charge in [0.05, 0.1) is 21.1 Å². The number of anilines is 2. The SMILES string of the molecule is CN(C)[C@@H]1CC[C@@]12CCN(c1cc(Cl)c(SNc3cscn3)c(F)c1Cl)C2. The van der Waals surface area contributed by atoms with Crippen molar-refractivity contribution in [3.8, 4) is 0 Å². The first-order valence-corrected chi connectivity index (χ1v) is 11.3. The molecule has 0 unspecified atom stereocenters. The average molecular weight is 447 g/mol. The molecule has 1 spiro atoms. The van der Waals surface area contributed by atoms with Crippen molar-refractivity contribution < 1.29 is 4.39 Å². The van der Waals surface area contributed by atoms with Crippen LogP contribution in [0.2, 0.25) is 10.0 Å². The van der Waals surface area contributed by atoms with Gasteiger partial charge in [0.15, 0.2) is 5.82 Å². The van der Waals surface area contributed by atoms with Crippen LogP contribution in [0.1, 0.15) is 19.3 Å². The molecular weight excluding hydrogens is 426 g/mol. The van der Waals surface area contributed by atoms with E-state index in [9.17, 15) is 4.39 Å². The van der Waals surface area contributed by atoms with Gasteiger partial charge in [0.1, 0.15) is 10.8 Å². The van der Waals surface area contributed by atoms with E-state index in [4.69, 9.17) is 23.2 Å². The van der Waals surface area contributed by atoms with Gasteiger partial charge in [-0.1, -0.05) is 23.2 Å². The molecule has 27 heavy (non-hydrogen) atoms. The summed E-state index contributed by atoms with van der Waals surface area (Å²) >= 11 is 15.4. The van der Waals surface area contributed by atoms with Crippen molar-refractivity contribution in [1.29, 1.82) is 0 Å². The van der Waals surface area contributed by atoms with Gasteiger partial charge in [0.2, 0.25) is 0 Å². The number of benzene rings is 1. The molecule has 2 aliphatic rings. The standard InChI is InChI=1S/C18H21Cl2FN4S2/c1-24(2)13-3-4-18(13)5-6-25(9-18)12-7-11(19)17(16(21)15(12)20)27-23-14-8-26-10-22-14/h7-8,10,13,23H,3-6,9H2,1-2H3/t13-,18+/m1/s1. The maximum atomic E-state index is 15.0. The van der Waals surface area contributed by atoms with Crippen molar-refractivity contribution in [2.45, 2.75) is 30.2 Å². The number of halogens is 3. The molecular formula is C18H21Cl2FN4S2. The minimum Gasteiger partial charge on any atom is -0.370 e. The molecule has 1 saturated carbocycles. The van der Waals surface area contributed by atoms with E-state index in [1.165, 1.54) is 24.2 Å². The molecule has 1 aromatic carbocycles. The quantitative estimate of drug-likeness (QED) is 0.475. The molecule has 1 N–H and O–H groups in total. The highest BCUT2D eigenvalue weighted by Gasteiger charge is 2.51. The third-order valence-electron chi connectivity index (χ3n) is 5.76. The van der Waals surface area contributed by atoms with E-state index >= 15 is 0 Å². The number of thiazole rings is 1. The van der Waals surface area contributed by atoms with E-state index in [0.717, 1.165) is 31.5 Å². The fourth-order valence-electron chi connectivity index (χ4n) is 4.32. The van der Waals surface area contributed by atoms with E-state index in [2.05, 4.69) is 33.6 Å². The predicted octanol–water partition coefficient (Wildman–Crippen LogP) is 5.63. The van der Waals surface area contributed by atoms with E-state index in [1.807, 2.05) is 5.38 Å². The van der Waals surface area contributed by atoms with Gasteiger partial charge in [-0.3, -0.25) is 0 Å². The molecule has 146 valence electrons. The summed E-state index contributed by atoms with van der Waals surface area (Å²) < 4.78 is 18.0. The van der Waals surface area contributed by atoms with Gasteiger partial charge in [0, 0.05) is 29.9 Å². The fourth-order valence-corrected chi connectivity index (χ4v) is 6.17. The number of hydrogen-bond acceptors (Lipinski definition) is 6. The summed E-state index contributed by atoms with van der Waals surface area (Å²) in [6.45, 7) is 1.78. The number of nitrogens with zero attached hydrogens (tertiary/aromatic N) is 3. The lowest BCUT2D eigenvalue weighted by Gasteiger charge is -2.50. The molecule has 2 heterocycles. The lowest BCUT2D eigenvalue weighted by Crippen LogP contribution is -2.54. The van der Waals surface area contributed by atoms with E-state index < -0.39 is 5.82 Å². The highest BCUT2D eigenvalue weighted by Crippen LogP contribution is 2.52. The molecule has 2 fully saturated rings. The van der Waals surface area contributed by atoms with Gasteiger partial charge in [0.25, 0.3) is 0 Å². The summed E-state index contributed by atoms with van der Waals surface area (Å²) in [5.41, 5.74) is 2.69. The molecule has 0 amide bonds. The Labute approximate surface area is 177 Å². The van der Waals surface area contributed by atoms with Crippen LogP contribution in [0.4, 0.5) is 15.9 Å². The molecule has 1 aromatic heterocycles. The zero-order chi connectivity index (χ0) is 19.2. The summed E-state index contributed by atoms with van der Waals surface area (Å²) in [5.74, 6) is 0.187. The minimum absolute atomic E-state index is 0.139. The highest BCUT2D eigenvalue weighted by molar-refractivity contribution is 8.00. The number of hydrogen-bond donors (Lipinski definition) is 1. The summed E-state index contributed by atoms with van der Waals surface area (Å²) in [4.78, 5) is 8.92.